The number of alkyl carbamates (subject to hydrolysis) is 2. The fourth-order valence-electron chi connectivity index (χ4n) is 5.11. The van der Waals surface area contributed by atoms with Crippen LogP contribution in [0.2, 0.25) is 0 Å². The molecular weight excluding hydrogens is 562 g/mol. The largest absolute Gasteiger partial charge is 0.453 e. The van der Waals surface area contributed by atoms with Crippen molar-refractivity contribution < 1.29 is 28.7 Å². The number of amides is 3. The normalized spacial score (nSPS) is 15.5. The molecule has 2 aromatic carbocycles. The van der Waals surface area contributed by atoms with Gasteiger partial charge in [0.05, 0.1) is 31.7 Å². The maximum absolute atomic E-state index is 13.4. The van der Waals surface area contributed by atoms with E-state index < -0.39 is 23.8 Å². The van der Waals surface area contributed by atoms with Gasteiger partial charge in [0.15, 0.2) is 5.78 Å². The number of Topliss-reactive ketones (excluding diaryl/α,β-unsaturated/α-hetero) is 1. The summed E-state index contributed by atoms with van der Waals surface area (Å²) in [6.07, 6.45) is 4.07. The minimum absolute atomic E-state index is 0.100. The molecule has 4 rings (SSSR count). The number of ether oxygens (including phenoxy) is 2. The van der Waals surface area contributed by atoms with Gasteiger partial charge in [-0.15, -0.1) is 0 Å². The summed E-state index contributed by atoms with van der Waals surface area (Å²) in [5, 5.41) is 5.17. The lowest BCUT2D eigenvalue weighted by Gasteiger charge is -2.30. The zero-order chi connectivity index (χ0) is 32.0. The van der Waals surface area contributed by atoms with Crippen LogP contribution in [0, 0.1) is 5.92 Å². The molecule has 11 heteroatoms. The monoisotopic (exact) mass is 603 g/mol. The third kappa shape index (κ3) is 8.03. The molecule has 234 valence electrons. The highest BCUT2D eigenvalue weighted by atomic mass is 16.6. The summed E-state index contributed by atoms with van der Waals surface area (Å²) in [6, 6.07) is 14.3. The number of hydrogen-bond acceptors (Lipinski definition) is 7. The van der Waals surface area contributed by atoms with Crippen molar-refractivity contribution in [1.29, 1.82) is 0 Å². The topological polar surface area (TPSA) is 132 Å². The van der Waals surface area contributed by atoms with Crippen LogP contribution in [-0.2, 0) is 14.3 Å². The van der Waals surface area contributed by atoms with Crippen molar-refractivity contribution in [1.82, 2.24) is 25.1 Å². The summed E-state index contributed by atoms with van der Waals surface area (Å²) in [7, 11) is 1.28. The Kier molecular flexibility index (Phi) is 10.1. The molecule has 1 aromatic heterocycles. The van der Waals surface area contributed by atoms with Gasteiger partial charge in [0.2, 0.25) is 5.91 Å². The van der Waals surface area contributed by atoms with E-state index in [2.05, 4.69) is 15.6 Å². The number of nitrogens with one attached hydrogen (secondary N) is 2. The zero-order valence-electron chi connectivity index (χ0n) is 26.1. The van der Waals surface area contributed by atoms with Crippen LogP contribution < -0.4 is 10.6 Å². The molecule has 0 saturated carbocycles. The smallest absolute Gasteiger partial charge is 0.408 e. The maximum Gasteiger partial charge on any atom is 0.408 e. The maximum atomic E-state index is 13.4. The molecule has 3 amide bonds. The van der Waals surface area contributed by atoms with E-state index in [9.17, 15) is 19.2 Å². The molecule has 44 heavy (non-hydrogen) atoms. The van der Waals surface area contributed by atoms with E-state index in [4.69, 9.17) is 9.47 Å². The average molecular weight is 604 g/mol. The van der Waals surface area contributed by atoms with Crippen molar-refractivity contribution in [2.24, 2.45) is 5.92 Å². The van der Waals surface area contributed by atoms with E-state index in [0.29, 0.717) is 12.1 Å². The van der Waals surface area contributed by atoms with Gasteiger partial charge in [0.25, 0.3) is 0 Å². The molecule has 2 unspecified atom stereocenters. The Morgan fingerprint density at radius 3 is 2.20 bits per heavy atom. The Bertz CT molecular complexity index is 1470. The van der Waals surface area contributed by atoms with Gasteiger partial charge in [-0.1, -0.05) is 50.2 Å². The first-order valence-corrected chi connectivity index (χ1v) is 14.8. The van der Waals surface area contributed by atoms with E-state index in [1.807, 2.05) is 61.0 Å². The number of methoxy groups -OCH3 is 1. The van der Waals surface area contributed by atoms with E-state index in [1.54, 1.807) is 44.1 Å². The number of nitrogens with zero attached hydrogens (tertiary/aromatic N) is 3. The Hall–Kier alpha value is -4.67. The van der Waals surface area contributed by atoms with Gasteiger partial charge in [-0.2, -0.15) is 0 Å². The lowest BCUT2D eigenvalue weighted by Crippen LogP contribution is -2.51. The molecule has 2 N–H and O–H groups in total. The minimum Gasteiger partial charge on any atom is -0.453 e. The van der Waals surface area contributed by atoms with Crippen molar-refractivity contribution in [2.75, 3.05) is 20.2 Å². The standard InChI is InChI=1S/C33H41N5O6/c1-21(2)29(36-32(42)43-6)30(40)38-17-7-8-27(38)26-19-37(20-35-26)25-15-13-23(14-16-25)22-9-11-24(12-10-22)28(39)18-34-31(41)44-33(3,4)5/h9-16,19-21,27,29H,7-8,17-18H2,1-6H3,(H,34,41)(H,36,42). The first kappa shape index (κ1) is 32.2. The summed E-state index contributed by atoms with van der Waals surface area (Å²) in [5.74, 6) is -0.453. The van der Waals surface area contributed by atoms with Crippen molar-refractivity contribution in [3.63, 3.8) is 0 Å². The highest BCUT2D eigenvalue weighted by Crippen LogP contribution is 2.33. The van der Waals surface area contributed by atoms with Crippen molar-refractivity contribution >= 4 is 23.9 Å². The minimum atomic E-state index is -0.682. The van der Waals surface area contributed by atoms with E-state index in [-0.39, 0.29) is 30.2 Å². The van der Waals surface area contributed by atoms with E-state index >= 15 is 0 Å². The highest BCUT2D eigenvalue weighted by molar-refractivity contribution is 5.99. The molecule has 0 aliphatic carbocycles. The van der Waals surface area contributed by atoms with Gasteiger partial charge in [-0.3, -0.25) is 9.59 Å². The number of rotatable bonds is 9. The number of hydrogen-bond donors (Lipinski definition) is 2. The number of aromatic nitrogens is 2. The van der Waals surface area contributed by atoms with E-state index in [0.717, 1.165) is 35.3 Å². The summed E-state index contributed by atoms with van der Waals surface area (Å²) < 4.78 is 11.8. The second-order valence-corrected chi connectivity index (χ2v) is 12.2. The molecule has 1 aliphatic rings. The summed E-state index contributed by atoms with van der Waals surface area (Å²) in [5.41, 5.74) is 3.49. The Morgan fingerprint density at radius 2 is 1.61 bits per heavy atom. The Balaban J connectivity index is 1.40. The van der Waals surface area contributed by atoms with Crippen molar-refractivity contribution in [3.05, 3.63) is 72.3 Å². The molecule has 0 bridgehead atoms. The van der Waals surface area contributed by atoms with Gasteiger partial charge in [0, 0.05) is 24.0 Å². The molecule has 11 nitrogen and oxygen atoms in total. The predicted octanol–water partition coefficient (Wildman–Crippen LogP) is 5.29. The molecule has 2 atom stereocenters. The van der Waals surface area contributed by atoms with Gasteiger partial charge in [0.1, 0.15) is 11.6 Å². The van der Waals surface area contributed by atoms with E-state index in [1.165, 1.54) is 7.11 Å². The highest BCUT2D eigenvalue weighted by Gasteiger charge is 2.37. The first-order valence-electron chi connectivity index (χ1n) is 14.8. The Labute approximate surface area is 257 Å². The zero-order valence-corrected chi connectivity index (χ0v) is 26.1. The second-order valence-electron chi connectivity index (χ2n) is 12.2. The van der Waals surface area contributed by atoms with Crippen LogP contribution in [0.15, 0.2) is 61.1 Å². The average Bonchev–Trinajstić information content (AvgIpc) is 3.68. The van der Waals surface area contributed by atoms with Gasteiger partial charge >= 0.3 is 12.2 Å². The molecular formula is C33H41N5O6. The molecule has 1 fully saturated rings. The van der Waals surface area contributed by atoms with Crippen molar-refractivity contribution in [3.8, 4) is 16.8 Å². The molecule has 0 spiro atoms. The molecule has 0 radical (unpaired) electrons. The molecule has 1 aliphatic heterocycles. The summed E-state index contributed by atoms with van der Waals surface area (Å²) in [6.45, 7) is 9.52. The lowest BCUT2D eigenvalue weighted by atomic mass is 10.0. The number of carbonyl (C=O) groups is 4. The molecule has 1 saturated heterocycles. The SMILES string of the molecule is COC(=O)NC(C(=O)N1CCCC1c1cn(-c2ccc(-c3ccc(C(=O)CNC(=O)OC(C)(C)C)cc3)cc2)cn1)C(C)C. The van der Waals surface area contributed by atoms with Gasteiger partial charge in [-0.25, -0.2) is 14.6 Å². The van der Waals surface area contributed by atoms with Crippen LogP contribution in [0.5, 0.6) is 0 Å². The fourth-order valence-corrected chi connectivity index (χ4v) is 5.11. The first-order chi connectivity index (χ1) is 20.9. The van der Waals surface area contributed by atoms with Crippen LogP contribution >= 0.6 is 0 Å². The second kappa shape index (κ2) is 13.7. The predicted molar refractivity (Wildman–Crippen MR) is 165 cm³/mol. The van der Waals surface area contributed by atoms with Crippen LogP contribution in [0.1, 0.15) is 69.6 Å². The van der Waals surface area contributed by atoms with Crippen LogP contribution in [0.3, 0.4) is 0 Å². The Morgan fingerprint density at radius 1 is 0.977 bits per heavy atom. The summed E-state index contributed by atoms with van der Waals surface area (Å²) in [4.78, 5) is 56.0. The number of likely N-dealkylation sites (tertiary alicyclic amines) is 1. The van der Waals surface area contributed by atoms with Gasteiger partial charge < -0.3 is 29.6 Å². The third-order valence-electron chi connectivity index (χ3n) is 7.37. The van der Waals surface area contributed by atoms with Crippen LogP contribution in [-0.4, -0.2) is 70.2 Å². The molecule has 3 aromatic rings. The van der Waals surface area contributed by atoms with Crippen LogP contribution in [0.25, 0.3) is 16.8 Å². The van der Waals surface area contributed by atoms with Gasteiger partial charge in [-0.05, 0) is 62.8 Å². The van der Waals surface area contributed by atoms with Crippen molar-refractivity contribution in [2.45, 2.75) is 65.1 Å². The summed E-state index contributed by atoms with van der Waals surface area (Å²) >= 11 is 0. The lowest BCUT2D eigenvalue weighted by molar-refractivity contribution is -0.135. The van der Waals surface area contributed by atoms with Crippen LogP contribution in [0.4, 0.5) is 9.59 Å². The quantitative estimate of drug-likeness (QED) is 0.318. The third-order valence-corrected chi connectivity index (χ3v) is 7.37. The fraction of sp³-hybridized carbons (Fsp3) is 0.424. The number of carbonyl (C=O) groups excluding carboxylic acids is 4. The number of imidazole rings is 1. The number of benzene rings is 2. The number of ketones is 1. The molecule has 2 heterocycles.